The molecule has 18 heavy (non-hydrogen) atoms. The van der Waals surface area contributed by atoms with Crippen LogP contribution in [0.1, 0.15) is 53.4 Å². The van der Waals surface area contributed by atoms with Crippen LogP contribution in [-0.4, -0.2) is 38.0 Å². The molecule has 4 heteroatoms. The van der Waals surface area contributed by atoms with Crippen molar-refractivity contribution in [1.82, 2.24) is 0 Å². The van der Waals surface area contributed by atoms with Gasteiger partial charge in [0.15, 0.2) is 6.29 Å². The number of Topliss-reactive ketones (excluding diaryl/α,β-unsaturated/α-hetero) is 1. The molecule has 0 aliphatic heterocycles. The summed E-state index contributed by atoms with van der Waals surface area (Å²) in [7, 11) is 0. The molecule has 0 heterocycles. The largest absolute Gasteiger partial charge is 0.372 e. The third-order valence-electron chi connectivity index (χ3n) is 2.30. The van der Waals surface area contributed by atoms with E-state index in [1.54, 1.807) is 6.92 Å². The van der Waals surface area contributed by atoms with E-state index >= 15 is 0 Å². The summed E-state index contributed by atoms with van der Waals surface area (Å²) in [6, 6.07) is 0. The molecule has 108 valence electrons. The highest BCUT2D eigenvalue weighted by Gasteiger charge is 2.24. The summed E-state index contributed by atoms with van der Waals surface area (Å²) < 4.78 is 17.0. The number of carbonyl (C=O) groups is 1. The van der Waals surface area contributed by atoms with Crippen molar-refractivity contribution in [2.45, 2.75) is 65.8 Å². The van der Waals surface area contributed by atoms with Gasteiger partial charge in [0.25, 0.3) is 0 Å². The fourth-order valence-electron chi connectivity index (χ4n) is 1.52. The molecule has 1 unspecified atom stereocenters. The smallest absolute Gasteiger partial charge is 0.184 e. The summed E-state index contributed by atoms with van der Waals surface area (Å²) in [5.74, 6) is 0.0984. The van der Waals surface area contributed by atoms with Crippen LogP contribution < -0.4 is 0 Å². The van der Waals surface area contributed by atoms with E-state index in [1.165, 1.54) is 0 Å². The number of ketones is 1. The molecule has 0 fully saturated rings. The quantitative estimate of drug-likeness (QED) is 0.506. The first-order valence-corrected chi connectivity index (χ1v) is 6.99. The summed E-state index contributed by atoms with van der Waals surface area (Å²) in [6.07, 6.45) is 2.39. The van der Waals surface area contributed by atoms with Gasteiger partial charge in [-0.15, -0.1) is 0 Å². The lowest BCUT2D eigenvalue weighted by Crippen LogP contribution is -2.36. The Balaban J connectivity index is 4.42. The Morgan fingerprint density at radius 3 is 1.72 bits per heavy atom. The molecule has 0 N–H and O–H groups in total. The lowest BCUT2D eigenvalue weighted by molar-refractivity contribution is -0.208. The van der Waals surface area contributed by atoms with Gasteiger partial charge in [-0.25, -0.2) is 0 Å². The molecular weight excluding hydrogens is 232 g/mol. The predicted molar refractivity (Wildman–Crippen MR) is 71.6 cm³/mol. The zero-order valence-corrected chi connectivity index (χ0v) is 12.2. The minimum atomic E-state index is -0.430. The van der Waals surface area contributed by atoms with Crippen molar-refractivity contribution in [3.8, 4) is 0 Å². The molecule has 4 nitrogen and oxygen atoms in total. The summed E-state index contributed by atoms with van der Waals surface area (Å²) in [4.78, 5) is 11.3. The first kappa shape index (κ1) is 17.6. The Morgan fingerprint density at radius 2 is 1.33 bits per heavy atom. The van der Waals surface area contributed by atoms with Crippen LogP contribution in [0.25, 0.3) is 0 Å². The van der Waals surface area contributed by atoms with Crippen molar-refractivity contribution in [2.75, 3.05) is 19.8 Å². The number of hydrogen-bond donors (Lipinski definition) is 0. The zero-order valence-electron chi connectivity index (χ0n) is 12.2. The van der Waals surface area contributed by atoms with Crippen molar-refractivity contribution in [1.29, 1.82) is 0 Å². The fraction of sp³-hybridized carbons (Fsp3) is 0.929. The van der Waals surface area contributed by atoms with Crippen molar-refractivity contribution in [3.05, 3.63) is 0 Å². The molecule has 0 spiro atoms. The zero-order chi connectivity index (χ0) is 13.8. The van der Waals surface area contributed by atoms with E-state index in [4.69, 9.17) is 14.2 Å². The molecule has 0 aliphatic carbocycles. The molecule has 0 bridgehead atoms. The Labute approximate surface area is 111 Å². The average molecular weight is 260 g/mol. The highest BCUT2D eigenvalue weighted by Crippen LogP contribution is 2.12. The number of carbonyl (C=O) groups excluding carboxylic acids is 1. The maximum atomic E-state index is 11.3. The molecule has 0 aromatic carbocycles. The topological polar surface area (TPSA) is 44.8 Å². The highest BCUT2D eigenvalue weighted by molar-refractivity contribution is 5.76. The summed E-state index contributed by atoms with van der Waals surface area (Å²) >= 11 is 0. The molecule has 0 rings (SSSR count). The molecule has 0 aliphatic rings. The third-order valence-corrected chi connectivity index (χ3v) is 2.30. The van der Waals surface area contributed by atoms with Crippen LogP contribution in [0.5, 0.6) is 0 Å². The highest BCUT2D eigenvalue weighted by atomic mass is 16.7. The Hall–Kier alpha value is -0.450. The van der Waals surface area contributed by atoms with E-state index in [0.717, 1.165) is 19.3 Å². The maximum absolute atomic E-state index is 11.3. The lowest BCUT2D eigenvalue weighted by atomic mass is 10.2. The molecule has 0 saturated heterocycles. The molecular formula is C14H28O4. The minimum absolute atomic E-state index is 0.0984. The summed E-state index contributed by atoms with van der Waals surface area (Å²) in [6.45, 7) is 9.57. The normalized spacial score (nSPS) is 12.9. The molecule has 0 aromatic rings. The maximum Gasteiger partial charge on any atom is 0.184 e. The lowest BCUT2D eigenvalue weighted by Gasteiger charge is -2.26. The van der Waals surface area contributed by atoms with Crippen LogP contribution in [0, 0.1) is 0 Å². The summed E-state index contributed by atoms with van der Waals surface area (Å²) in [5, 5.41) is 0. The van der Waals surface area contributed by atoms with Gasteiger partial charge in [0, 0.05) is 26.2 Å². The van der Waals surface area contributed by atoms with Crippen LogP contribution >= 0.6 is 0 Å². The second-order valence-corrected chi connectivity index (χ2v) is 4.43. The summed E-state index contributed by atoms with van der Waals surface area (Å²) in [5.41, 5.74) is 0. The van der Waals surface area contributed by atoms with E-state index in [0.29, 0.717) is 26.2 Å². The SMILES string of the molecule is CCCOC(CC(C)=O)C(OCCC)OCCC. The van der Waals surface area contributed by atoms with Gasteiger partial charge in [0.2, 0.25) is 0 Å². The van der Waals surface area contributed by atoms with Crippen molar-refractivity contribution in [2.24, 2.45) is 0 Å². The number of rotatable bonds is 12. The van der Waals surface area contributed by atoms with Gasteiger partial charge in [-0.05, 0) is 26.2 Å². The second-order valence-electron chi connectivity index (χ2n) is 4.43. The second kappa shape index (κ2) is 11.6. The van der Waals surface area contributed by atoms with Crippen LogP contribution in [0.15, 0.2) is 0 Å². The molecule has 0 saturated carbocycles. The molecule has 0 amide bonds. The van der Waals surface area contributed by atoms with Gasteiger partial charge >= 0.3 is 0 Å². The molecule has 0 radical (unpaired) electrons. The van der Waals surface area contributed by atoms with Crippen molar-refractivity contribution >= 4 is 5.78 Å². The number of hydrogen-bond acceptors (Lipinski definition) is 4. The first-order chi connectivity index (χ1) is 8.65. The van der Waals surface area contributed by atoms with Crippen LogP contribution in [-0.2, 0) is 19.0 Å². The Kier molecular flexibility index (Phi) is 11.3. The average Bonchev–Trinajstić information content (AvgIpc) is 2.34. The van der Waals surface area contributed by atoms with Gasteiger partial charge in [-0.2, -0.15) is 0 Å². The first-order valence-electron chi connectivity index (χ1n) is 6.99. The monoisotopic (exact) mass is 260 g/mol. The third kappa shape index (κ3) is 8.61. The van der Waals surface area contributed by atoms with Crippen molar-refractivity contribution < 1.29 is 19.0 Å². The standard InChI is InChI=1S/C14H28O4/c1-5-8-16-13(11-12(4)15)14(17-9-6-2)18-10-7-3/h13-14H,5-11H2,1-4H3. The van der Waals surface area contributed by atoms with E-state index in [1.807, 2.05) is 20.8 Å². The fourth-order valence-corrected chi connectivity index (χ4v) is 1.52. The van der Waals surface area contributed by atoms with Gasteiger partial charge in [0.1, 0.15) is 11.9 Å². The van der Waals surface area contributed by atoms with Gasteiger partial charge in [-0.1, -0.05) is 20.8 Å². The van der Waals surface area contributed by atoms with E-state index < -0.39 is 6.29 Å². The van der Waals surface area contributed by atoms with E-state index in [-0.39, 0.29) is 11.9 Å². The van der Waals surface area contributed by atoms with Crippen LogP contribution in [0.2, 0.25) is 0 Å². The molecule has 0 aromatic heterocycles. The van der Waals surface area contributed by atoms with Gasteiger partial charge in [0.05, 0.1) is 0 Å². The number of ether oxygens (including phenoxy) is 3. The van der Waals surface area contributed by atoms with E-state index in [2.05, 4.69) is 0 Å². The van der Waals surface area contributed by atoms with E-state index in [9.17, 15) is 4.79 Å². The van der Waals surface area contributed by atoms with Crippen LogP contribution in [0.3, 0.4) is 0 Å². The molecule has 1 atom stereocenters. The van der Waals surface area contributed by atoms with Gasteiger partial charge < -0.3 is 14.2 Å². The predicted octanol–water partition coefficient (Wildman–Crippen LogP) is 2.94. The minimum Gasteiger partial charge on any atom is -0.372 e. The van der Waals surface area contributed by atoms with Crippen LogP contribution in [0.4, 0.5) is 0 Å². The Morgan fingerprint density at radius 1 is 0.889 bits per heavy atom. The van der Waals surface area contributed by atoms with Gasteiger partial charge in [-0.3, -0.25) is 4.79 Å². The Bertz CT molecular complexity index is 198. The van der Waals surface area contributed by atoms with Crippen molar-refractivity contribution in [3.63, 3.8) is 0 Å².